The van der Waals surface area contributed by atoms with E-state index in [-0.39, 0.29) is 0 Å². The zero-order valence-corrected chi connectivity index (χ0v) is 26.1. The van der Waals surface area contributed by atoms with Crippen LogP contribution in [0.25, 0.3) is 11.1 Å². The van der Waals surface area contributed by atoms with Crippen LogP contribution in [0.4, 0.5) is 34.1 Å². The van der Waals surface area contributed by atoms with Crippen molar-refractivity contribution in [2.45, 2.75) is 39.5 Å². The Balaban J connectivity index is 1.59. The second-order valence-electron chi connectivity index (χ2n) is 11.9. The van der Waals surface area contributed by atoms with Crippen LogP contribution in [0.15, 0.2) is 158 Å². The Morgan fingerprint density at radius 3 is 1.02 bits per heavy atom. The van der Waals surface area contributed by atoms with Crippen LogP contribution in [0.5, 0.6) is 0 Å². The first-order valence-corrected chi connectivity index (χ1v) is 15.6. The number of para-hydroxylation sites is 2. The molecule has 0 heterocycles. The number of benzene rings is 6. The lowest BCUT2D eigenvalue weighted by Gasteiger charge is -2.30. The highest BCUT2D eigenvalue weighted by molar-refractivity contribution is 5.87. The highest BCUT2D eigenvalue weighted by Gasteiger charge is 2.19. The topological polar surface area (TPSA) is 6.48 Å². The van der Waals surface area contributed by atoms with E-state index in [2.05, 4.69) is 195 Å². The van der Waals surface area contributed by atoms with Crippen molar-refractivity contribution in [2.24, 2.45) is 0 Å². The van der Waals surface area contributed by atoms with Crippen molar-refractivity contribution in [3.63, 3.8) is 0 Å². The number of nitrogens with zero attached hydrogens (tertiary/aromatic N) is 2. The number of hydrogen-bond donors (Lipinski definition) is 0. The summed E-state index contributed by atoms with van der Waals surface area (Å²) < 4.78 is 0. The fraction of sp³-hybridized carbons (Fsp3) is 0.143. The Bertz CT molecular complexity index is 1660. The summed E-state index contributed by atoms with van der Waals surface area (Å²) in [6.07, 6.45) is 0. The van der Waals surface area contributed by atoms with Gasteiger partial charge in [0, 0.05) is 34.1 Å². The summed E-state index contributed by atoms with van der Waals surface area (Å²) in [5, 5.41) is 0. The summed E-state index contributed by atoms with van der Waals surface area (Å²) in [5.74, 6) is 0.951. The number of rotatable bonds is 9. The lowest BCUT2D eigenvalue weighted by molar-refractivity contribution is 0.866. The molecule has 0 N–H and O–H groups in total. The molecule has 0 saturated carbocycles. The quantitative estimate of drug-likeness (QED) is 0.170. The van der Waals surface area contributed by atoms with Crippen LogP contribution >= 0.6 is 0 Å². The first kappa shape index (κ1) is 29.0. The first-order chi connectivity index (χ1) is 21.5. The van der Waals surface area contributed by atoms with E-state index in [4.69, 9.17) is 0 Å². The maximum atomic E-state index is 2.37. The maximum absolute atomic E-state index is 2.37. The van der Waals surface area contributed by atoms with Gasteiger partial charge in [-0.3, -0.25) is 0 Å². The van der Waals surface area contributed by atoms with Crippen molar-refractivity contribution in [3.8, 4) is 11.1 Å². The molecule has 0 aromatic heterocycles. The molecule has 6 rings (SSSR count). The highest BCUT2D eigenvalue weighted by atomic mass is 15.2. The molecule has 0 aliphatic carbocycles. The Labute approximate surface area is 262 Å². The summed E-state index contributed by atoms with van der Waals surface area (Å²) in [5.41, 5.74) is 11.7. The van der Waals surface area contributed by atoms with Crippen molar-refractivity contribution < 1.29 is 0 Å². The van der Waals surface area contributed by atoms with Gasteiger partial charge in [-0.25, -0.2) is 0 Å². The van der Waals surface area contributed by atoms with E-state index in [9.17, 15) is 0 Å². The van der Waals surface area contributed by atoms with Crippen molar-refractivity contribution >= 4 is 34.1 Å². The second-order valence-corrected chi connectivity index (χ2v) is 11.9. The minimum atomic E-state index is 0.476. The molecule has 0 radical (unpaired) electrons. The molecular weight excluding hydrogens is 532 g/mol. The van der Waals surface area contributed by atoms with E-state index in [0.717, 1.165) is 39.7 Å². The van der Waals surface area contributed by atoms with Gasteiger partial charge in [0.1, 0.15) is 0 Å². The summed E-state index contributed by atoms with van der Waals surface area (Å²) in [6, 6.07) is 57.0. The van der Waals surface area contributed by atoms with Crippen LogP contribution < -0.4 is 9.80 Å². The average Bonchev–Trinajstić information content (AvgIpc) is 3.07. The normalized spacial score (nSPS) is 11.1. The molecule has 0 spiro atoms. The van der Waals surface area contributed by atoms with Gasteiger partial charge in [0.05, 0.1) is 0 Å². The fourth-order valence-corrected chi connectivity index (χ4v) is 5.72. The van der Waals surface area contributed by atoms with Crippen LogP contribution in [0, 0.1) is 0 Å². The molecule has 2 heteroatoms. The molecule has 0 fully saturated rings. The van der Waals surface area contributed by atoms with Crippen molar-refractivity contribution in [1.82, 2.24) is 0 Å². The van der Waals surface area contributed by atoms with E-state index < -0.39 is 0 Å². The third-order valence-electron chi connectivity index (χ3n) is 8.19. The van der Waals surface area contributed by atoms with Crippen LogP contribution in [0.1, 0.15) is 50.7 Å². The van der Waals surface area contributed by atoms with Crippen molar-refractivity contribution in [1.29, 1.82) is 0 Å². The Morgan fingerprint density at radius 1 is 0.318 bits per heavy atom. The fourth-order valence-electron chi connectivity index (χ4n) is 5.72. The van der Waals surface area contributed by atoms with E-state index in [0.29, 0.717) is 11.8 Å². The molecule has 0 unspecified atom stereocenters. The smallest absolute Gasteiger partial charge is 0.0488 e. The van der Waals surface area contributed by atoms with Gasteiger partial charge in [0.25, 0.3) is 0 Å². The lowest BCUT2D eigenvalue weighted by Crippen LogP contribution is -2.13. The summed E-state index contributed by atoms with van der Waals surface area (Å²) in [4.78, 5) is 4.73. The Hall–Kier alpha value is -5.08. The largest absolute Gasteiger partial charge is 0.310 e. The van der Waals surface area contributed by atoms with Crippen LogP contribution in [0.3, 0.4) is 0 Å². The molecule has 0 atom stereocenters. The second kappa shape index (κ2) is 13.1. The van der Waals surface area contributed by atoms with E-state index in [1.54, 1.807) is 0 Å². The van der Waals surface area contributed by atoms with Crippen molar-refractivity contribution in [2.75, 3.05) is 9.80 Å². The van der Waals surface area contributed by atoms with Crippen LogP contribution in [-0.4, -0.2) is 0 Å². The van der Waals surface area contributed by atoms with Gasteiger partial charge in [0.15, 0.2) is 0 Å². The molecule has 44 heavy (non-hydrogen) atoms. The molecular formula is C42H40N2. The standard InChI is InChI=1S/C42H40N2/c1-31(2)33-20-24-39(25-21-33)43(37-16-10-6-11-17-37)41-28-36(35-14-8-5-9-15-35)29-42(30-41)44(38-18-12-7-13-19-38)40-26-22-34(23-27-40)32(3)4/h5-32H,1-4H3. The molecule has 0 amide bonds. The number of hydrogen-bond acceptors (Lipinski definition) is 2. The molecule has 0 aliphatic heterocycles. The van der Waals surface area contributed by atoms with E-state index in [1.807, 2.05) is 0 Å². The van der Waals surface area contributed by atoms with Gasteiger partial charge in [-0.1, -0.05) is 119 Å². The van der Waals surface area contributed by atoms with Gasteiger partial charge in [-0.05, 0) is 101 Å². The highest BCUT2D eigenvalue weighted by Crippen LogP contribution is 2.43. The van der Waals surface area contributed by atoms with Crippen LogP contribution in [0.2, 0.25) is 0 Å². The summed E-state index contributed by atoms with van der Waals surface area (Å²) in [7, 11) is 0. The average molecular weight is 573 g/mol. The molecule has 0 saturated heterocycles. The van der Waals surface area contributed by atoms with Crippen molar-refractivity contribution in [3.05, 3.63) is 169 Å². The zero-order valence-electron chi connectivity index (χ0n) is 26.1. The van der Waals surface area contributed by atoms with Gasteiger partial charge >= 0.3 is 0 Å². The molecule has 2 nitrogen and oxygen atoms in total. The van der Waals surface area contributed by atoms with Gasteiger partial charge in [-0.15, -0.1) is 0 Å². The molecule has 6 aromatic carbocycles. The monoisotopic (exact) mass is 572 g/mol. The minimum absolute atomic E-state index is 0.476. The van der Waals surface area contributed by atoms with Gasteiger partial charge in [-0.2, -0.15) is 0 Å². The maximum Gasteiger partial charge on any atom is 0.0488 e. The third kappa shape index (κ3) is 6.31. The summed E-state index contributed by atoms with van der Waals surface area (Å²) >= 11 is 0. The zero-order chi connectivity index (χ0) is 30.5. The summed E-state index contributed by atoms with van der Waals surface area (Å²) in [6.45, 7) is 8.97. The first-order valence-electron chi connectivity index (χ1n) is 15.6. The predicted molar refractivity (Wildman–Crippen MR) is 189 cm³/mol. The Morgan fingerprint density at radius 2 is 0.659 bits per heavy atom. The predicted octanol–water partition coefficient (Wildman–Crippen LogP) is 12.5. The van der Waals surface area contributed by atoms with Gasteiger partial charge < -0.3 is 9.80 Å². The lowest BCUT2D eigenvalue weighted by atomic mass is 10.0. The van der Waals surface area contributed by atoms with E-state index in [1.165, 1.54) is 16.7 Å². The molecule has 0 aliphatic rings. The van der Waals surface area contributed by atoms with Gasteiger partial charge in [0.2, 0.25) is 0 Å². The number of anilines is 6. The Kier molecular flexibility index (Phi) is 8.61. The molecule has 0 bridgehead atoms. The SMILES string of the molecule is CC(C)c1ccc(N(c2ccccc2)c2cc(-c3ccccc3)cc(N(c3ccccc3)c3ccc(C(C)C)cc3)c2)cc1. The van der Waals surface area contributed by atoms with E-state index >= 15 is 0 Å². The van der Waals surface area contributed by atoms with Crippen LogP contribution in [-0.2, 0) is 0 Å². The third-order valence-corrected chi connectivity index (χ3v) is 8.19. The molecule has 218 valence electrons. The minimum Gasteiger partial charge on any atom is -0.310 e. The molecule has 6 aromatic rings.